The predicted octanol–water partition coefficient (Wildman–Crippen LogP) is 3.78. The van der Waals surface area contributed by atoms with E-state index in [1.54, 1.807) is 12.1 Å². The summed E-state index contributed by atoms with van der Waals surface area (Å²) in [5.74, 6) is -0.890. The number of nitrogens with zero attached hydrogens (tertiary/aromatic N) is 1. The molecule has 2 aromatic carbocycles. The minimum atomic E-state index is -0.890. The van der Waals surface area contributed by atoms with Crippen LogP contribution in [0.5, 0.6) is 0 Å². The van der Waals surface area contributed by atoms with E-state index in [0.29, 0.717) is 5.56 Å². The molecule has 104 valence electrons. The van der Waals surface area contributed by atoms with Gasteiger partial charge in [-0.05, 0) is 42.4 Å². The van der Waals surface area contributed by atoms with Gasteiger partial charge < -0.3 is 5.11 Å². The smallest absolute Gasteiger partial charge is 0.335 e. The fraction of sp³-hybridized carbons (Fsp3) is 0.188. The Hall–Kier alpha value is -1.65. The highest BCUT2D eigenvalue weighted by Gasteiger charge is 2.05. The van der Waals surface area contributed by atoms with E-state index in [1.807, 2.05) is 31.3 Å². The molecule has 0 heterocycles. The van der Waals surface area contributed by atoms with Crippen LogP contribution in [0.4, 0.5) is 0 Å². The molecule has 0 aromatic heterocycles. The maximum atomic E-state index is 10.8. The highest BCUT2D eigenvalue weighted by Crippen LogP contribution is 2.14. The van der Waals surface area contributed by atoms with Crippen molar-refractivity contribution < 1.29 is 9.90 Å². The Balaban J connectivity index is 1.97. The Kier molecular flexibility index (Phi) is 4.93. The first-order valence-electron chi connectivity index (χ1n) is 6.30. The summed E-state index contributed by atoms with van der Waals surface area (Å²) >= 11 is 3.47. The van der Waals surface area contributed by atoms with Crippen LogP contribution >= 0.6 is 15.9 Å². The van der Waals surface area contributed by atoms with Crippen LogP contribution in [0.15, 0.2) is 53.0 Å². The summed E-state index contributed by atoms with van der Waals surface area (Å²) in [5.41, 5.74) is 2.67. The first-order chi connectivity index (χ1) is 9.54. The summed E-state index contributed by atoms with van der Waals surface area (Å²) in [4.78, 5) is 13.0. The largest absolute Gasteiger partial charge is 0.478 e. The molecule has 0 aliphatic carbocycles. The Morgan fingerprint density at radius 2 is 1.75 bits per heavy atom. The molecular weight excluding hydrogens is 318 g/mol. The summed E-state index contributed by atoms with van der Waals surface area (Å²) in [6.45, 7) is 1.63. The van der Waals surface area contributed by atoms with Crippen LogP contribution in [0, 0.1) is 0 Å². The van der Waals surface area contributed by atoms with E-state index in [1.165, 1.54) is 5.56 Å². The van der Waals surface area contributed by atoms with Crippen LogP contribution in [0.3, 0.4) is 0 Å². The summed E-state index contributed by atoms with van der Waals surface area (Å²) in [6.07, 6.45) is 0. The molecule has 2 rings (SSSR count). The monoisotopic (exact) mass is 333 g/mol. The van der Waals surface area contributed by atoms with Crippen molar-refractivity contribution in [3.8, 4) is 0 Å². The molecule has 0 radical (unpaired) electrons. The van der Waals surface area contributed by atoms with Gasteiger partial charge in [0.1, 0.15) is 0 Å². The third-order valence-electron chi connectivity index (χ3n) is 2.99. The molecular formula is C16H16BrNO2. The lowest BCUT2D eigenvalue weighted by Gasteiger charge is -2.17. The lowest BCUT2D eigenvalue weighted by Crippen LogP contribution is -2.17. The Bertz CT molecular complexity index is 596. The SMILES string of the molecule is CN(Cc1ccc(C(=O)O)cc1)Cc1cccc(Br)c1. The molecule has 0 fully saturated rings. The van der Waals surface area contributed by atoms with Gasteiger partial charge in [0.15, 0.2) is 0 Å². The number of benzene rings is 2. The van der Waals surface area contributed by atoms with Crippen LogP contribution in [0.2, 0.25) is 0 Å². The molecule has 0 amide bonds. The quantitative estimate of drug-likeness (QED) is 0.905. The van der Waals surface area contributed by atoms with Gasteiger partial charge in [0.2, 0.25) is 0 Å². The first-order valence-corrected chi connectivity index (χ1v) is 7.09. The summed E-state index contributed by atoms with van der Waals surface area (Å²) in [5, 5.41) is 8.86. The molecule has 4 heteroatoms. The summed E-state index contributed by atoms with van der Waals surface area (Å²) < 4.78 is 1.08. The number of hydrogen-bond acceptors (Lipinski definition) is 2. The average molecular weight is 334 g/mol. The van der Waals surface area contributed by atoms with Crippen molar-refractivity contribution in [3.05, 3.63) is 69.7 Å². The van der Waals surface area contributed by atoms with Crippen molar-refractivity contribution in [1.82, 2.24) is 4.90 Å². The average Bonchev–Trinajstić information content (AvgIpc) is 2.39. The van der Waals surface area contributed by atoms with Crippen LogP contribution in [-0.2, 0) is 13.1 Å². The molecule has 0 saturated heterocycles. The minimum absolute atomic E-state index is 0.323. The second-order valence-electron chi connectivity index (χ2n) is 4.80. The van der Waals surface area contributed by atoms with E-state index in [2.05, 4.69) is 33.0 Å². The number of halogens is 1. The topological polar surface area (TPSA) is 40.5 Å². The minimum Gasteiger partial charge on any atom is -0.478 e. The Morgan fingerprint density at radius 1 is 1.10 bits per heavy atom. The van der Waals surface area contributed by atoms with E-state index in [-0.39, 0.29) is 0 Å². The van der Waals surface area contributed by atoms with Gasteiger partial charge in [-0.25, -0.2) is 4.79 Å². The van der Waals surface area contributed by atoms with Crippen LogP contribution in [0.1, 0.15) is 21.5 Å². The maximum absolute atomic E-state index is 10.8. The first kappa shape index (κ1) is 14.8. The Morgan fingerprint density at radius 3 is 2.35 bits per heavy atom. The second-order valence-corrected chi connectivity index (χ2v) is 5.72. The molecule has 20 heavy (non-hydrogen) atoms. The second kappa shape index (κ2) is 6.68. The van der Waals surface area contributed by atoms with Gasteiger partial charge in [0.05, 0.1) is 5.56 Å². The lowest BCUT2D eigenvalue weighted by molar-refractivity contribution is 0.0697. The van der Waals surface area contributed by atoms with Crippen LogP contribution < -0.4 is 0 Å². The molecule has 3 nitrogen and oxygen atoms in total. The Labute approximate surface area is 127 Å². The number of carboxylic acids is 1. The molecule has 2 aromatic rings. The number of carbonyl (C=O) groups is 1. The third-order valence-corrected chi connectivity index (χ3v) is 3.49. The standard InChI is InChI=1S/C16H16BrNO2/c1-18(11-13-3-2-4-15(17)9-13)10-12-5-7-14(8-6-12)16(19)20/h2-9H,10-11H2,1H3,(H,19,20). The molecule has 0 bridgehead atoms. The highest BCUT2D eigenvalue weighted by molar-refractivity contribution is 9.10. The van der Waals surface area contributed by atoms with E-state index in [4.69, 9.17) is 5.11 Å². The van der Waals surface area contributed by atoms with Crippen molar-refractivity contribution in [3.63, 3.8) is 0 Å². The number of hydrogen-bond donors (Lipinski definition) is 1. The van der Waals surface area contributed by atoms with Crippen LogP contribution in [-0.4, -0.2) is 23.0 Å². The van der Waals surface area contributed by atoms with Crippen molar-refractivity contribution in [2.75, 3.05) is 7.05 Å². The van der Waals surface area contributed by atoms with Crippen molar-refractivity contribution in [2.24, 2.45) is 0 Å². The molecule has 0 aliphatic heterocycles. The lowest BCUT2D eigenvalue weighted by atomic mass is 10.1. The van der Waals surface area contributed by atoms with E-state index < -0.39 is 5.97 Å². The molecule has 0 atom stereocenters. The van der Waals surface area contributed by atoms with Crippen molar-refractivity contribution in [1.29, 1.82) is 0 Å². The zero-order chi connectivity index (χ0) is 14.5. The van der Waals surface area contributed by atoms with Gasteiger partial charge >= 0.3 is 5.97 Å². The van der Waals surface area contributed by atoms with Gasteiger partial charge in [0.25, 0.3) is 0 Å². The van der Waals surface area contributed by atoms with Gasteiger partial charge in [0, 0.05) is 17.6 Å². The highest BCUT2D eigenvalue weighted by atomic mass is 79.9. The normalized spacial score (nSPS) is 10.8. The van der Waals surface area contributed by atoms with Gasteiger partial charge in [-0.3, -0.25) is 4.90 Å². The summed E-state index contributed by atoms with van der Waals surface area (Å²) in [7, 11) is 2.05. The predicted molar refractivity (Wildman–Crippen MR) is 82.7 cm³/mol. The van der Waals surface area contributed by atoms with Crippen LogP contribution in [0.25, 0.3) is 0 Å². The van der Waals surface area contributed by atoms with E-state index >= 15 is 0 Å². The molecule has 0 saturated carbocycles. The molecule has 0 aliphatic rings. The van der Waals surface area contributed by atoms with Gasteiger partial charge in [-0.15, -0.1) is 0 Å². The molecule has 1 N–H and O–H groups in total. The molecule has 0 spiro atoms. The van der Waals surface area contributed by atoms with Gasteiger partial charge in [-0.2, -0.15) is 0 Å². The fourth-order valence-electron chi connectivity index (χ4n) is 2.07. The number of aromatic carboxylic acids is 1. The van der Waals surface area contributed by atoms with Gasteiger partial charge in [-0.1, -0.05) is 40.2 Å². The number of rotatable bonds is 5. The van der Waals surface area contributed by atoms with E-state index in [0.717, 1.165) is 23.1 Å². The van der Waals surface area contributed by atoms with Crippen molar-refractivity contribution >= 4 is 21.9 Å². The van der Waals surface area contributed by atoms with E-state index in [9.17, 15) is 4.79 Å². The number of carboxylic acid groups (broad SMARTS) is 1. The maximum Gasteiger partial charge on any atom is 0.335 e. The zero-order valence-electron chi connectivity index (χ0n) is 11.2. The third kappa shape index (κ3) is 4.18. The fourth-order valence-corrected chi connectivity index (χ4v) is 2.51. The summed E-state index contributed by atoms with van der Waals surface area (Å²) in [6, 6.07) is 15.2. The molecule has 0 unspecified atom stereocenters. The van der Waals surface area contributed by atoms with Crippen molar-refractivity contribution in [2.45, 2.75) is 13.1 Å². The zero-order valence-corrected chi connectivity index (χ0v) is 12.8.